The van der Waals surface area contributed by atoms with E-state index in [1.807, 2.05) is 0 Å². The summed E-state index contributed by atoms with van der Waals surface area (Å²) in [6.07, 6.45) is 6.19. The van der Waals surface area contributed by atoms with Gasteiger partial charge in [0.1, 0.15) is 66.2 Å². The van der Waals surface area contributed by atoms with Gasteiger partial charge in [0.2, 0.25) is 59.1 Å². The molecule has 5 rings (SSSR count). The number of guanidine groups is 1. The molecule has 2 fully saturated rings. The van der Waals surface area contributed by atoms with E-state index in [1.165, 1.54) is 61.0 Å². The van der Waals surface area contributed by atoms with Crippen LogP contribution in [-0.4, -0.2) is 192 Å². The minimum Gasteiger partial charge on any atom is -0.508 e. The van der Waals surface area contributed by atoms with E-state index < -0.39 is 126 Å². The van der Waals surface area contributed by atoms with E-state index >= 15 is 0 Å². The molecule has 462 valence electrons. The lowest BCUT2D eigenvalue weighted by molar-refractivity contribution is -0.144. The van der Waals surface area contributed by atoms with Crippen molar-refractivity contribution < 1.29 is 68.1 Å². The number of phenols is 1. The number of aliphatic imine (C=N–C) groups is 1. The van der Waals surface area contributed by atoms with Gasteiger partial charge in [-0.1, -0.05) is 32.0 Å². The van der Waals surface area contributed by atoms with Gasteiger partial charge in [0, 0.05) is 68.8 Å². The summed E-state index contributed by atoms with van der Waals surface area (Å²) in [7, 11) is 0. The minimum atomic E-state index is -1.78. The van der Waals surface area contributed by atoms with Crippen LogP contribution in [0.25, 0.3) is 0 Å². The Morgan fingerprint density at radius 3 is 1.87 bits per heavy atom. The van der Waals surface area contributed by atoms with Gasteiger partial charge in [-0.2, -0.15) is 12.6 Å². The van der Waals surface area contributed by atoms with Crippen LogP contribution in [0.5, 0.6) is 5.75 Å². The standard InChI is InChI=1S/C54H76N16O14S/c1-28(2)19-36(45(75)63-35(8-5-17-59-54(55)56)52(82)70-18-6-9-42(70)51(81)61-29(3)53(83)84)64-50(80)41(26-85)69-47(77)37(20-30-10-12-33(72)13-11-30)66-49(79)40(25-71)68-46(76)38(21-31-7-4-16-57-23-31)65-48(78)39(22-32-24-58-27-60-32)67-44(74)34-14-15-43(73)62-34/h4,7,10-13,16,23-24,27-29,34-42,71-72,85H,5-6,8-9,14-15,17-22,25-26H2,1-3H3,(H,58,60)(H,61,81)(H,62,73)(H,63,75)(H,64,80)(H,65,78)(H,66,79)(H,67,74)(H,68,76)(H,69,77)(H,83,84)(H4,55,56,59)/t29-,34+,35+,36+,37+,38-,39+,40+,41-,42+/m1/s1. The maximum atomic E-state index is 14.4. The zero-order valence-corrected chi connectivity index (χ0v) is 48.1. The molecule has 2 aliphatic heterocycles. The molecule has 10 atom stereocenters. The van der Waals surface area contributed by atoms with Crippen LogP contribution in [-0.2, 0) is 72.0 Å². The summed E-state index contributed by atoms with van der Waals surface area (Å²) in [5, 5.41) is 53.1. The van der Waals surface area contributed by atoms with Gasteiger partial charge < -0.3 is 84.5 Å². The molecule has 0 radical (unpaired) electrons. The SMILES string of the molecule is CC(C)C[C@H](NC(=O)[C@@H](CS)NC(=O)[C@H](Cc1ccc(O)cc1)NC(=O)[C@H](CO)NC(=O)[C@@H](Cc1cccnc1)NC(=O)[C@H](Cc1cnc[nH]1)NC(=O)[C@@H]1CCC(=O)N1)C(=O)N[C@@H](CCCN=C(N)N)C(=O)N1CCC[C@H]1C(=O)N[C@H](C)C(=O)O. The number of carbonyl (C=O) groups excluding carboxylic acids is 10. The molecule has 10 amide bonds. The fourth-order valence-electron chi connectivity index (χ4n) is 9.31. The number of aliphatic hydroxyl groups excluding tert-OH is 1. The fourth-order valence-corrected chi connectivity index (χ4v) is 9.57. The number of carboxylic acid groups (broad SMARTS) is 1. The number of aliphatic hydroxyl groups is 1. The number of pyridine rings is 1. The van der Waals surface area contributed by atoms with Crippen molar-refractivity contribution in [3.05, 3.63) is 78.1 Å². The number of aliphatic carboxylic acids is 1. The minimum absolute atomic E-state index is 0.0196. The van der Waals surface area contributed by atoms with Gasteiger partial charge >= 0.3 is 5.97 Å². The average molecular weight is 1210 g/mol. The second-order valence-corrected chi connectivity index (χ2v) is 21.4. The van der Waals surface area contributed by atoms with Crippen molar-refractivity contribution in [3.63, 3.8) is 0 Å². The summed E-state index contributed by atoms with van der Waals surface area (Å²) in [5.74, 6) is -10.2. The third-order valence-electron chi connectivity index (χ3n) is 13.8. The predicted molar refractivity (Wildman–Crippen MR) is 307 cm³/mol. The maximum Gasteiger partial charge on any atom is 0.325 e. The summed E-state index contributed by atoms with van der Waals surface area (Å²) in [6.45, 7) is 3.97. The Hall–Kier alpha value is -8.87. The Labute approximate surface area is 494 Å². The van der Waals surface area contributed by atoms with Crippen molar-refractivity contribution in [2.45, 2.75) is 145 Å². The molecule has 0 bridgehead atoms. The third-order valence-corrected chi connectivity index (χ3v) is 14.2. The normalized spacial score (nSPS) is 17.4. The van der Waals surface area contributed by atoms with Crippen LogP contribution in [0.3, 0.4) is 0 Å². The number of aromatic nitrogens is 3. The number of hydrogen-bond acceptors (Lipinski definition) is 17. The number of aromatic amines is 1. The molecular formula is C54H76N16O14S. The molecule has 0 spiro atoms. The van der Waals surface area contributed by atoms with Crippen LogP contribution in [0, 0.1) is 5.92 Å². The lowest BCUT2D eigenvalue weighted by Gasteiger charge is -2.31. The van der Waals surface area contributed by atoms with Crippen LogP contribution >= 0.6 is 12.6 Å². The number of amides is 10. The Balaban J connectivity index is 1.33. The molecule has 0 unspecified atom stereocenters. The van der Waals surface area contributed by atoms with Crippen molar-refractivity contribution in [1.82, 2.24) is 67.7 Å². The lowest BCUT2D eigenvalue weighted by atomic mass is 10.0. The Morgan fingerprint density at radius 2 is 1.31 bits per heavy atom. The van der Waals surface area contributed by atoms with Gasteiger partial charge in [0.15, 0.2) is 5.96 Å². The number of nitrogens with zero attached hydrogens (tertiary/aromatic N) is 4. The van der Waals surface area contributed by atoms with Gasteiger partial charge in [-0.25, -0.2) is 4.98 Å². The number of nitrogens with two attached hydrogens (primary N) is 2. The van der Waals surface area contributed by atoms with E-state index in [0.717, 1.165) is 0 Å². The van der Waals surface area contributed by atoms with Crippen LogP contribution in [0.1, 0.15) is 82.5 Å². The quantitative estimate of drug-likeness (QED) is 0.0122. The van der Waals surface area contributed by atoms with Crippen LogP contribution in [0.2, 0.25) is 0 Å². The van der Waals surface area contributed by atoms with Gasteiger partial charge in [-0.05, 0) is 80.7 Å². The van der Waals surface area contributed by atoms with Gasteiger partial charge in [0.05, 0.1) is 12.9 Å². The number of thiol groups is 1. The number of phenolic OH excluding ortho intramolecular Hbond substituents is 1. The molecule has 2 saturated heterocycles. The molecule has 30 nitrogen and oxygen atoms in total. The largest absolute Gasteiger partial charge is 0.508 e. The number of imidazole rings is 1. The van der Waals surface area contributed by atoms with Crippen LogP contribution in [0.15, 0.2) is 66.3 Å². The average Bonchev–Trinajstić information content (AvgIpc) is 4.40. The molecule has 2 aliphatic rings. The molecular weight excluding hydrogens is 1130 g/mol. The molecule has 4 heterocycles. The second-order valence-electron chi connectivity index (χ2n) is 21.0. The molecule has 0 aliphatic carbocycles. The smallest absolute Gasteiger partial charge is 0.325 e. The van der Waals surface area contributed by atoms with Crippen LogP contribution in [0.4, 0.5) is 0 Å². The summed E-state index contributed by atoms with van der Waals surface area (Å²) in [6, 6.07) is -4.67. The Bertz CT molecular complexity index is 2840. The number of rotatable bonds is 32. The number of carbonyl (C=O) groups is 11. The van der Waals surface area contributed by atoms with E-state index in [1.54, 1.807) is 26.0 Å². The lowest BCUT2D eigenvalue weighted by Crippen LogP contribution is -2.61. The topological polar surface area (TPSA) is 466 Å². The first kappa shape index (κ1) is 66.9. The van der Waals surface area contributed by atoms with Crippen molar-refractivity contribution in [2.24, 2.45) is 22.4 Å². The second kappa shape index (κ2) is 32.8. The fraction of sp³-hybridized carbons (Fsp3) is 0.519. The van der Waals surface area contributed by atoms with E-state index in [9.17, 15) is 68.1 Å². The highest BCUT2D eigenvalue weighted by molar-refractivity contribution is 7.80. The van der Waals surface area contributed by atoms with Crippen LogP contribution < -0.4 is 59.3 Å². The van der Waals surface area contributed by atoms with Gasteiger partial charge in [-0.15, -0.1) is 0 Å². The monoisotopic (exact) mass is 1200 g/mol. The molecule has 17 N–H and O–H groups in total. The molecule has 2 aromatic heterocycles. The number of nitrogens with one attached hydrogen (secondary N) is 10. The van der Waals surface area contributed by atoms with E-state index in [0.29, 0.717) is 23.2 Å². The first-order valence-electron chi connectivity index (χ1n) is 27.6. The summed E-state index contributed by atoms with van der Waals surface area (Å²) < 4.78 is 0. The van der Waals surface area contributed by atoms with E-state index in [-0.39, 0.29) is 100 Å². The van der Waals surface area contributed by atoms with Crippen molar-refractivity contribution in [3.8, 4) is 5.75 Å². The molecule has 85 heavy (non-hydrogen) atoms. The van der Waals surface area contributed by atoms with Crippen molar-refractivity contribution in [1.29, 1.82) is 0 Å². The van der Waals surface area contributed by atoms with Gasteiger partial charge in [0.25, 0.3) is 0 Å². The number of H-pyrrole nitrogens is 1. The number of hydrogen-bond donors (Lipinski definition) is 16. The molecule has 31 heteroatoms. The highest BCUT2D eigenvalue weighted by atomic mass is 32.1. The maximum absolute atomic E-state index is 14.4. The van der Waals surface area contributed by atoms with Gasteiger partial charge in [-0.3, -0.25) is 62.7 Å². The number of benzene rings is 1. The first-order valence-corrected chi connectivity index (χ1v) is 28.3. The molecule has 3 aromatic rings. The molecule has 0 saturated carbocycles. The Morgan fingerprint density at radius 1 is 0.718 bits per heavy atom. The highest BCUT2D eigenvalue weighted by Gasteiger charge is 2.40. The van der Waals surface area contributed by atoms with Crippen molar-refractivity contribution >= 4 is 83.6 Å². The summed E-state index contributed by atoms with van der Waals surface area (Å²) in [4.78, 5) is 166. The summed E-state index contributed by atoms with van der Waals surface area (Å²) >= 11 is 4.32. The van der Waals surface area contributed by atoms with Crippen molar-refractivity contribution in [2.75, 3.05) is 25.4 Å². The first-order chi connectivity index (χ1) is 40.5. The zero-order chi connectivity index (χ0) is 62.3. The predicted octanol–water partition coefficient (Wildman–Crippen LogP) is -4.19. The number of carboxylic acids is 1. The summed E-state index contributed by atoms with van der Waals surface area (Å²) in [5.41, 5.74) is 12.3. The highest BCUT2D eigenvalue weighted by Crippen LogP contribution is 2.21. The van der Waals surface area contributed by atoms with E-state index in [4.69, 9.17) is 11.5 Å². The number of likely N-dealkylation sites (tertiary alicyclic amines) is 1. The molecule has 1 aromatic carbocycles. The number of aromatic hydroxyl groups is 1. The Kier molecular flexibility index (Phi) is 25.9. The van der Waals surface area contributed by atoms with E-state index in [2.05, 4.69) is 80.4 Å². The third kappa shape index (κ3) is 21.1. The zero-order valence-electron chi connectivity index (χ0n) is 47.2.